The minimum Gasteiger partial charge on any atom is -0.455 e. The largest absolute Gasteiger partial charge is 0.455 e. The van der Waals surface area contributed by atoms with Gasteiger partial charge in [0.2, 0.25) is 0 Å². The van der Waals surface area contributed by atoms with E-state index >= 15 is 0 Å². The van der Waals surface area contributed by atoms with Gasteiger partial charge in [0.1, 0.15) is 0 Å². The van der Waals surface area contributed by atoms with Crippen molar-refractivity contribution in [3.63, 3.8) is 0 Å². The molecule has 25 heavy (non-hydrogen) atoms. The van der Waals surface area contributed by atoms with E-state index in [4.69, 9.17) is 4.74 Å². The molecule has 0 saturated heterocycles. The van der Waals surface area contributed by atoms with Gasteiger partial charge in [0.25, 0.3) is 5.91 Å². The van der Waals surface area contributed by atoms with Crippen LogP contribution in [0.4, 0.5) is 5.69 Å². The Hall–Kier alpha value is -2.27. The molecule has 0 atom stereocenters. The molecule has 0 aromatic heterocycles. The fraction of sp³-hybridized carbons (Fsp3) is 0.300. The minimum atomic E-state index is -0.401. The summed E-state index contributed by atoms with van der Waals surface area (Å²) in [6.07, 6.45) is 0.822. The van der Waals surface area contributed by atoms with Crippen molar-refractivity contribution in [2.24, 2.45) is 0 Å². The van der Waals surface area contributed by atoms with Crippen molar-refractivity contribution in [2.75, 3.05) is 17.7 Å². The standard InChI is InChI=1S/C20H23NO3S/c1-4-16-7-5-6-8-18(16)21-19(22)12-24-20(23)13-25-17-10-9-14(2)15(3)11-17/h5-11H,4,12-13H2,1-3H3,(H,21,22). The third-order valence-electron chi connectivity index (χ3n) is 3.87. The van der Waals surface area contributed by atoms with Gasteiger partial charge in [-0.2, -0.15) is 0 Å². The molecule has 5 heteroatoms. The monoisotopic (exact) mass is 357 g/mol. The summed E-state index contributed by atoms with van der Waals surface area (Å²) in [7, 11) is 0. The highest BCUT2D eigenvalue weighted by Crippen LogP contribution is 2.21. The van der Waals surface area contributed by atoms with Gasteiger partial charge in [-0.05, 0) is 55.2 Å². The number of hydrogen-bond donors (Lipinski definition) is 1. The van der Waals surface area contributed by atoms with Gasteiger partial charge in [-0.1, -0.05) is 31.2 Å². The summed E-state index contributed by atoms with van der Waals surface area (Å²) in [5.74, 6) is -0.547. The Morgan fingerprint density at radius 2 is 1.84 bits per heavy atom. The van der Waals surface area contributed by atoms with Gasteiger partial charge < -0.3 is 10.1 Å². The number of esters is 1. The molecule has 0 aliphatic carbocycles. The first-order chi connectivity index (χ1) is 12.0. The summed E-state index contributed by atoms with van der Waals surface area (Å²) in [5, 5.41) is 2.78. The number of nitrogens with one attached hydrogen (secondary N) is 1. The van der Waals surface area contributed by atoms with Crippen LogP contribution in [0.25, 0.3) is 0 Å². The van der Waals surface area contributed by atoms with Gasteiger partial charge in [0.05, 0.1) is 5.75 Å². The highest BCUT2D eigenvalue weighted by atomic mass is 32.2. The van der Waals surface area contributed by atoms with Crippen LogP contribution >= 0.6 is 11.8 Å². The number of carbonyl (C=O) groups excluding carboxylic acids is 2. The fourth-order valence-electron chi connectivity index (χ4n) is 2.27. The van der Waals surface area contributed by atoms with Crippen LogP contribution in [0.2, 0.25) is 0 Å². The van der Waals surface area contributed by atoms with Crippen LogP contribution in [-0.4, -0.2) is 24.2 Å². The average molecular weight is 357 g/mol. The maximum absolute atomic E-state index is 11.9. The number of benzene rings is 2. The van der Waals surface area contributed by atoms with E-state index in [0.717, 1.165) is 22.6 Å². The second-order valence-corrected chi connectivity index (χ2v) is 6.80. The maximum Gasteiger partial charge on any atom is 0.316 e. The number of para-hydroxylation sites is 1. The van der Waals surface area contributed by atoms with E-state index in [1.54, 1.807) is 0 Å². The van der Waals surface area contributed by atoms with Crippen LogP contribution in [0.5, 0.6) is 0 Å². The molecule has 0 fully saturated rings. The zero-order valence-electron chi connectivity index (χ0n) is 14.8. The number of anilines is 1. The summed E-state index contributed by atoms with van der Waals surface area (Å²) in [4.78, 5) is 24.8. The normalized spacial score (nSPS) is 10.4. The molecule has 1 N–H and O–H groups in total. The zero-order valence-corrected chi connectivity index (χ0v) is 15.6. The molecule has 1 amide bonds. The van der Waals surface area contributed by atoms with E-state index in [1.165, 1.54) is 22.9 Å². The number of hydrogen-bond acceptors (Lipinski definition) is 4. The van der Waals surface area contributed by atoms with Crippen LogP contribution in [0.3, 0.4) is 0 Å². The Morgan fingerprint density at radius 3 is 2.56 bits per heavy atom. The number of rotatable bonds is 7. The Bertz CT molecular complexity index is 758. The molecule has 2 aromatic carbocycles. The van der Waals surface area contributed by atoms with E-state index in [9.17, 15) is 9.59 Å². The molecule has 0 aliphatic rings. The lowest BCUT2D eigenvalue weighted by Crippen LogP contribution is -2.22. The SMILES string of the molecule is CCc1ccccc1NC(=O)COC(=O)CSc1ccc(C)c(C)c1. The molecule has 2 aromatic rings. The minimum absolute atomic E-state index is 0.182. The predicted octanol–water partition coefficient (Wildman–Crippen LogP) is 4.14. The van der Waals surface area contributed by atoms with Crippen molar-refractivity contribution in [1.82, 2.24) is 0 Å². The van der Waals surface area contributed by atoms with Crippen LogP contribution in [0, 0.1) is 13.8 Å². The lowest BCUT2D eigenvalue weighted by molar-refractivity contribution is -0.144. The van der Waals surface area contributed by atoms with Crippen molar-refractivity contribution in [1.29, 1.82) is 0 Å². The van der Waals surface area contributed by atoms with Gasteiger partial charge in [0.15, 0.2) is 6.61 Å². The number of aryl methyl sites for hydroxylation is 3. The average Bonchev–Trinajstić information content (AvgIpc) is 2.61. The quantitative estimate of drug-likeness (QED) is 0.598. The Labute approximate surface area is 153 Å². The summed E-state index contributed by atoms with van der Waals surface area (Å²) in [6, 6.07) is 13.6. The Morgan fingerprint density at radius 1 is 1.08 bits per heavy atom. The molecule has 0 heterocycles. The highest BCUT2D eigenvalue weighted by molar-refractivity contribution is 8.00. The topological polar surface area (TPSA) is 55.4 Å². The fourth-order valence-corrected chi connectivity index (χ4v) is 3.06. The first kappa shape index (κ1) is 19.1. The summed E-state index contributed by atoms with van der Waals surface area (Å²) in [6.45, 7) is 5.84. The van der Waals surface area contributed by atoms with E-state index in [2.05, 4.69) is 5.32 Å². The van der Waals surface area contributed by atoms with Crippen LogP contribution in [-0.2, 0) is 20.7 Å². The van der Waals surface area contributed by atoms with Crippen molar-refractivity contribution in [3.05, 3.63) is 59.2 Å². The van der Waals surface area contributed by atoms with Gasteiger partial charge in [0, 0.05) is 10.6 Å². The van der Waals surface area contributed by atoms with E-state index in [1.807, 2.05) is 63.2 Å². The molecular formula is C20H23NO3S. The molecule has 0 unspecified atom stereocenters. The summed E-state index contributed by atoms with van der Waals surface area (Å²) >= 11 is 1.41. The zero-order chi connectivity index (χ0) is 18.2. The van der Waals surface area contributed by atoms with E-state index in [-0.39, 0.29) is 18.3 Å². The lowest BCUT2D eigenvalue weighted by Gasteiger charge is -2.10. The van der Waals surface area contributed by atoms with Crippen molar-refractivity contribution >= 4 is 29.3 Å². The molecular weight excluding hydrogens is 334 g/mol. The van der Waals surface area contributed by atoms with Gasteiger partial charge in [-0.15, -0.1) is 11.8 Å². The van der Waals surface area contributed by atoms with Crippen LogP contribution in [0.15, 0.2) is 47.4 Å². The highest BCUT2D eigenvalue weighted by Gasteiger charge is 2.10. The van der Waals surface area contributed by atoms with Gasteiger partial charge >= 0.3 is 5.97 Å². The van der Waals surface area contributed by atoms with Gasteiger partial charge in [-0.25, -0.2) is 0 Å². The number of amides is 1. The Balaban J connectivity index is 1.77. The van der Waals surface area contributed by atoms with Crippen molar-refractivity contribution < 1.29 is 14.3 Å². The first-order valence-electron chi connectivity index (χ1n) is 8.23. The van der Waals surface area contributed by atoms with E-state index in [0.29, 0.717) is 0 Å². The second-order valence-electron chi connectivity index (χ2n) is 5.75. The third kappa shape index (κ3) is 5.94. The summed E-state index contributed by atoms with van der Waals surface area (Å²) < 4.78 is 5.05. The van der Waals surface area contributed by atoms with Crippen molar-refractivity contribution in [2.45, 2.75) is 32.1 Å². The molecule has 0 saturated carbocycles. The summed E-state index contributed by atoms with van der Waals surface area (Å²) in [5.41, 5.74) is 4.21. The molecule has 0 spiro atoms. The van der Waals surface area contributed by atoms with E-state index < -0.39 is 5.97 Å². The van der Waals surface area contributed by atoms with Gasteiger partial charge in [-0.3, -0.25) is 9.59 Å². The Kier molecular flexibility index (Phi) is 7.07. The first-order valence-corrected chi connectivity index (χ1v) is 9.21. The van der Waals surface area contributed by atoms with Crippen molar-refractivity contribution in [3.8, 4) is 0 Å². The smallest absolute Gasteiger partial charge is 0.316 e. The predicted molar refractivity (Wildman–Crippen MR) is 102 cm³/mol. The molecule has 0 aliphatic heterocycles. The molecule has 2 rings (SSSR count). The van der Waals surface area contributed by atoms with Crippen LogP contribution < -0.4 is 5.32 Å². The molecule has 0 bridgehead atoms. The second kappa shape index (κ2) is 9.28. The van der Waals surface area contributed by atoms with Crippen LogP contribution in [0.1, 0.15) is 23.6 Å². The third-order valence-corrected chi connectivity index (χ3v) is 4.84. The number of carbonyl (C=O) groups is 2. The number of thioether (sulfide) groups is 1. The molecule has 4 nitrogen and oxygen atoms in total. The molecule has 0 radical (unpaired) electrons. The maximum atomic E-state index is 11.9. The number of ether oxygens (including phenoxy) is 1. The lowest BCUT2D eigenvalue weighted by atomic mass is 10.1. The molecule has 132 valence electrons.